The topological polar surface area (TPSA) is 48.5 Å². The molecule has 1 aromatic carbocycles. The quantitative estimate of drug-likeness (QED) is 0.927. The lowest BCUT2D eigenvalue weighted by atomic mass is 10.2. The molecule has 1 fully saturated rings. The summed E-state index contributed by atoms with van der Waals surface area (Å²) in [6, 6.07) is 10.5. The molecule has 1 aliphatic rings. The SMILES string of the molecule is CC(C)NC(=O)N1CCN(Cc2csc(-c3ccccc3)n2)CC1. The number of benzene rings is 1. The predicted molar refractivity (Wildman–Crippen MR) is 98.1 cm³/mol. The first-order valence-electron chi connectivity index (χ1n) is 8.39. The molecule has 128 valence electrons. The summed E-state index contributed by atoms with van der Waals surface area (Å²) >= 11 is 1.69. The van der Waals surface area contributed by atoms with Gasteiger partial charge in [-0.1, -0.05) is 30.3 Å². The monoisotopic (exact) mass is 344 g/mol. The Morgan fingerprint density at radius 2 is 1.92 bits per heavy atom. The number of nitrogens with zero attached hydrogens (tertiary/aromatic N) is 3. The van der Waals surface area contributed by atoms with Crippen molar-refractivity contribution in [2.45, 2.75) is 26.4 Å². The predicted octanol–water partition coefficient (Wildman–Crippen LogP) is 3.05. The minimum absolute atomic E-state index is 0.0460. The van der Waals surface area contributed by atoms with Crippen molar-refractivity contribution in [1.29, 1.82) is 0 Å². The van der Waals surface area contributed by atoms with E-state index in [2.05, 4.69) is 27.7 Å². The van der Waals surface area contributed by atoms with Crippen LogP contribution in [0.15, 0.2) is 35.7 Å². The molecule has 0 radical (unpaired) electrons. The van der Waals surface area contributed by atoms with Crippen molar-refractivity contribution >= 4 is 17.4 Å². The molecule has 3 rings (SSSR count). The van der Waals surface area contributed by atoms with E-state index < -0.39 is 0 Å². The molecule has 1 aliphatic heterocycles. The zero-order valence-corrected chi connectivity index (χ0v) is 15.1. The first-order valence-corrected chi connectivity index (χ1v) is 9.27. The molecule has 2 aromatic rings. The number of carbonyl (C=O) groups is 1. The fraction of sp³-hybridized carbons (Fsp3) is 0.444. The van der Waals surface area contributed by atoms with Gasteiger partial charge < -0.3 is 10.2 Å². The number of amides is 2. The van der Waals surface area contributed by atoms with Crippen LogP contribution in [0.25, 0.3) is 10.6 Å². The molecule has 2 amide bonds. The van der Waals surface area contributed by atoms with Crippen LogP contribution in [0.3, 0.4) is 0 Å². The molecule has 6 heteroatoms. The van der Waals surface area contributed by atoms with Crippen LogP contribution in [0.1, 0.15) is 19.5 Å². The van der Waals surface area contributed by atoms with E-state index in [1.165, 1.54) is 5.56 Å². The highest BCUT2D eigenvalue weighted by Crippen LogP contribution is 2.24. The Hall–Kier alpha value is -1.92. The van der Waals surface area contributed by atoms with E-state index in [1.807, 2.05) is 36.9 Å². The van der Waals surface area contributed by atoms with Crippen LogP contribution in [0, 0.1) is 0 Å². The Morgan fingerprint density at radius 3 is 2.58 bits per heavy atom. The molecule has 1 aromatic heterocycles. The van der Waals surface area contributed by atoms with Crippen molar-refractivity contribution < 1.29 is 4.79 Å². The van der Waals surface area contributed by atoms with E-state index in [-0.39, 0.29) is 12.1 Å². The van der Waals surface area contributed by atoms with E-state index >= 15 is 0 Å². The maximum absolute atomic E-state index is 12.0. The van der Waals surface area contributed by atoms with Crippen LogP contribution in [0.5, 0.6) is 0 Å². The number of thiazole rings is 1. The van der Waals surface area contributed by atoms with Crippen LogP contribution in [0.2, 0.25) is 0 Å². The van der Waals surface area contributed by atoms with Crippen molar-refractivity contribution in [3.8, 4) is 10.6 Å². The maximum Gasteiger partial charge on any atom is 0.317 e. The summed E-state index contributed by atoms with van der Waals surface area (Å²) in [6.07, 6.45) is 0. The third kappa shape index (κ3) is 4.33. The zero-order valence-electron chi connectivity index (χ0n) is 14.2. The standard InChI is InChI=1S/C18H24N4OS/c1-14(2)19-18(23)22-10-8-21(9-11-22)12-16-13-24-17(20-16)15-6-4-3-5-7-15/h3-7,13-14H,8-12H2,1-2H3,(H,19,23). The molecule has 0 spiro atoms. The highest BCUT2D eigenvalue weighted by atomic mass is 32.1. The van der Waals surface area contributed by atoms with Gasteiger partial charge in [0.1, 0.15) is 5.01 Å². The van der Waals surface area contributed by atoms with Gasteiger partial charge in [-0.05, 0) is 13.8 Å². The minimum atomic E-state index is 0.0460. The fourth-order valence-electron chi connectivity index (χ4n) is 2.77. The lowest BCUT2D eigenvalue weighted by Gasteiger charge is -2.34. The molecule has 0 bridgehead atoms. The number of hydrogen-bond acceptors (Lipinski definition) is 4. The second-order valence-electron chi connectivity index (χ2n) is 6.38. The summed E-state index contributed by atoms with van der Waals surface area (Å²) in [7, 11) is 0. The number of hydrogen-bond donors (Lipinski definition) is 1. The number of carbonyl (C=O) groups excluding carboxylic acids is 1. The molecular weight excluding hydrogens is 320 g/mol. The van der Waals surface area contributed by atoms with Crippen molar-refractivity contribution in [1.82, 2.24) is 20.1 Å². The largest absolute Gasteiger partial charge is 0.336 e. The van der Waals surface area contributed by atoms with E-state index in [1.54, 1.807) is 11.3 Å². The molecule has 5 nitrogen and oxygen atoms in total. The van der Waals surface area contributed by atoms with Crippen molar-refractivity contribution in [3.05, 3.63) is 41.4 Å². The smallest absolute Gasteiger partial charge is 0.317 e. The Morgan fingerprint density at radius 1 is 1.21 bits per heavy atom. The molecule has 0 aliphatic carbocycles. The normalized spacial score (nSPS) is 15.7. The van der Waals surface area contributed by atoms with Gasteiger partial charge in [0.2, 0.25) is 0 Å². The third-order valence-corrected chi connectivity index (χ3v) is 4.97. The number of aromatic nitrogens is 1. The third-order valence-electron chi connectivity index (χ3n) is 4.03. The summed E-state index contributed by atoms with van der Waals surface area (Å²) in [6.45, 7) is 8.15. The minimum Gasteiger partial charge on any atom is -0.336 e. The van der Waals surface area contributed by atoms with E-state index in [0.29, 0.717) is 0 Å². The second-order valence-corrected chi connectivity index (χ2v) is 7.24. The average molecular weight is 344 g/mol. The fourth-order valence-corrected chi connectivity index (χ4v) is 3.59. The maximum atomic E-state index is 12.0. The molecule has 2 heterocycles. The molecule has 24 heavy (non-hydrogen) atoms. The lowest BCUT2D eigenvalue weighted by Crippen LogP contribution is -2.52. The van der Waals surface area contributed by atoms with Crippen LogP contribution in [-0.2, 0) is 6.54 Å². The Balaban J connectivity index is 1.52. The first-order chi connectivity index (χ1) is 11.6. The first kappa shape index (κ1) is 16.9. The highest BCUT2D eigenvalue weighted by molar-refractivity contribution is 7.13. The Kier molecular flexibility index (Phi) is 5.48. The summed E-state index contributed by atoms with van der Waals surface area (Å²) < 4.78 is 0. The van der Waals surface area contributed by atoms with E-state index in [0.717, 1.165) is 43.4 Å². The van der Waals surface area contributed by atoms with Crippen LogP contribution in [0.4, 0.5) is 4.79 Å². The van der Waals surface area contributed by atoms with Gasteiger partial charge in [-0.3, -0.25) is 4.90 Å². The van der Waals surface area contributed by atoms with Gasteiger partial charge >= 0.3 is 6.03 Å². The van der Waals surface area contributed by atoms with Crippen molar-refractivity contribution in [2.75, 3.05) is 26.2 Å². The van der Waals surface area contributed by atoms with Crippen LogP contribution >= 0.6 is 11.3 Å². The van der Waals surface area contributed by atoms with E-state index in [9.17, 15) is 4.79 Å². The highest BCUT2D eigenvalue weighted by Gasteiger charge is 2.21. The Bertz CT molecular complexity index is 663. The molecule has 0 saturated carbocycles. The van der Waals surface area contributed by atoms with Crippen LogP contribution in [-0.4, -0.2) is 53.0 Å². The lowest BCUT2D eigenvalue weighted by molar-refractivity contribution is 0.133. The number of nitrogens with one attached hydrogen (secondary N) is 1. The summed E-state index contributed by atoms with van der Waals surface area (Å²) in [5.74, 6) is 0. The van der Waals surface area contributed by atoms with E-state index in [4.69, 9.17) is 4.98 Å². The van der Waals surface area contributed by atoms with Gasteiger partial charge in [-0.25, -0.2) is 9.78 Å². The van der Waals surface area contributed by atoms with Crippen molar-refractivity contribution in [3.63, 3.8) is 0 Å². The second kappa shape index (κ2) is 7.77. The molecule has 0 unspecified atom stereocenters. The molecule has 0 atom stereocenters. The number of rotatable bonds is 4. The number of piperazine rings is 1. The molecular formula is C18H24N4OS. The average Bonchev–Trinajstić information content (AvgIpc) is 3.04. The van der Waals surface area contributed by atoms with Gasteiger partial charge in [0.05, 0.1) is 5.69 Å². The van der Waals surface area contributed by atoms with Gasteiger partial charge in [-0.2, -0.15) is 0 Å². The van der Waals surface area contributed by atoms with Gasteiger partial charge in [0.25, 0.3) is 0 Å². The summed E-state index contributed by atoms with van der Waals surface area (Å²) in [5, 5.41) is 6.17. The van der Waals surface area contributed by atoms with Gasteiger partial charge in [-0.15, -0.1) is 11.3 Å². The van der Waals surface area contributed by atoms with Gasteiger partial charge in [0.15, 0.2) is 0 Å². The molecule has 1 N–H and O–H groups in total. The zero-order chi connectivity index (χ0) is 16.9. The summed E-state index contributed by atoms with van der Waals surface area (Å²) in [4.78, 5) is 21.0. The van der Waals surface area contributed by atoms with Gasteiger partial charge in [0, 0.05) is 49.7 Å². The van der Waals surface area contributed by atoms with Crippen molar-refractivity contribution in [2.24, 2.45) is 0 Å². The number of urea groups is 1. The Labute approximate surface area is 147 Å². The van der Waals surface area contributed by atoms with Crippen LogP contribution < -0.4 is 5.32 Å². The molecule has 1 saturated heterocycles. The summed E-state index contributed by atoms with van der Waals surface area (Å²) in [5.41, 5.74) is 2.28.